The van der Waals surface area contributed by atoms with Gasteiger partial charge in [0.1, 0.15) is 5.82 Å². The van der Waals surface area contributed by atoms with Crippen LogP contribution in [0.5, 0.6) is 0 Å². The predicted octanol–water partition coefficient (Wildman–Crippen LogP) is 2.65. The molecule has 0 saturated carbocycles. The third-order valence-corrected chi connectivity index (χ3v) is 3.52. The maximum atomic E-state index is 13.6. The van der Waals surface area contributed by atoms with Gasteiger partial charge in [0.25, 0.3) is 0 Å². The summed E-state index contributed by atoms with van der Waals surface area (Å²) in [5.74, 6) is -2.26. The Bertz CT molecular complexity index is 665. The second kappa shape index (κ2) is 6.85. The molecule has 0 aliphatic heterocycles. The summed E-state index contributed by atoms with van der Waals surface area (Å²) in [5, 5.41) is 11.1. The van der Waals surface area contributed by atoms with Crippen molar-refractivity contribution in [3.63, 3.8) is 0 Å². The molecular weight excluding hydrogens is 295 g/mol. The molecule has 7 heteroatoms. The lowest BCUT2D eigenvalue weighted by molar-refractivity contribution is -0.113. The van der Waals surface area contributed by atoms with Crippen molar-refractivity contribution in [1.29, 1.82) is 0 Å². The van der Waals surface area contributed by atoms with E-state index in [0.717, 1.165) is 11.0 Å². The minimum atomic E-state index is -1.22. The summed E-state index contributed by atoms with van der Waals surface area (Å²) in [6.45, 7) is 0. The van der Waals surface area contributed by atoms with Crippen molar-refractivity contribution < 1.29 is 19.1 Å². The number of halogens is 1. The van der Waals surface area contributed by atoms with E-state index >= 15 is 0 Å². The summed E-state index contributed by atoms with van der Waals surface area (Å²) in [5.41, 5.74) is -0.211. The summed E-state index contributed by atoms with van der Waals surface area (Å²) in [4.78, 5) is 27.1. The van der Waals surface area contributed by atoms with Crippen molar-refractivity contribution in [1.82, 2.24) is 4.98 Å². The fraction of sp³-hybridized carbons (Fsp3) is 0.0714. The highest BCUT2D eigenvalue weighted by atomic mass is 32.2. The molecule has 0 atom stereocenters. The quantitative estimate of drug-likeness (QED) is 0.830. The zero-order valence-electron chi connectivity index (χ0n) is 10.7. The van der Waals surface area contributed by atoms with Gasteiger partial charge in [-0.1, -0.05) is 0 Å². The SMILES string of the molecule is O=C(CSc1ccncc1)Nc1ccc(C(=O)O)cc1F. The molecule has 0 aliphatic rings. The number of carbonyl (C=O) groups is 2. The molecule has 0 saturated heterocycles. The number of amides is 1. The molecule has 0 aliphatic carbocycles. The van der Waals surface area contributed by atoms with Crippen molar-refractivity contribution in [2.75, 3.05) is 11.1 Å². The lowest BCUT2D eigenvalue weighted by Crippen LogP contribution is -2.15. The van der Waals surface area contributed by atoms with Crippen LogP contribution in [-0.4, -0.2) is 27.7 Å². The molecule has 5 nitrogen and oxygen atoms in total. The van der Waals surface area contributed by atoms with E-state index in [0.29, 0.717) is 0 Å². The summed E-state index contributed by atoms with van der Waals surface area (Å²) < 4.78 is 13.6. The molecule has 1 aromatic heterocycles. The van der Waals surface area contributed by atoms with Crippen LogP contribution in [0.3, 0.4) is 0 Å². The molecule has 2 N–H and O–H groups in total. The third-order valence-electron chi connectivity index (χ3n) is 2.51. The first-order valence-electron chi connectivity index (χ1n) is 5.92. The predicted molar refractivity (Wildman–Crippen MR) is 77.0 cm³/mol. The second-order valence-corrected chi connectivity index (χ2v) is 5.07. The van der Waals surface area contributed by atoms with E-state index in [1.807, 2.05) is 0 Å². The minimum absolute atomic E-state index is 0.0414. The average molecular weight is 306 g/mol. The lowest BCUT2D eigenvalue weighted by Gasteiger charge is -2.07. The van der Waals surface area contributed by atoms with Crippen molar-refractivity contribution in [3.05, 3.63) is 54.1 Å². The van der Waals surface area contributed by atoms with Crippen LogP contribution in [0.4, 0.5) is 10.1 Å². The monoisotopic (exact) mass is 306 g/mol. The standard InChI is InChI=1S/C14H11FN2O3S/c15-11-7-9(14(19)20)1-2-12(11)17-13(18)8-21-10-3-5-16-6-4-10/h1-7H,8H2,(H,17,18)(H,19,20). The van der Waals surface area contributed by atoms with Gasteiger partial charge >= 0.3 is 5.97 Å². The number of anilines is 1. The number of thioether (sulfide) groups is 1. The number of hydrogen-bond acceptors (Lipinski definition) is 4. The van der Waals surface area contributed by atoms with E-state index in [2.05, 4.69) is 10.3 Å². The number of aromatic carboxylic acids is 1. The Balaban J connectivity index is 1.95. The van der Waals surface area contributed by atoms with E-state index in [1.54, 1.807) is 24.5 Å². The topological polar surface area (TPSA) is 79.3 Å². The van der Waals surface area contributed by atoms with Gasteiger partial charge in [-0.05, 0) is 30.3 Å². The number of nitrogens with zero attached hydrogens (tertiary/aromatic N) is 1. The van der Waals surface area contributed by atoms with Crippen LogP contribution in [-0.2, 0) is 4.79 Å². The first-order valence-corrected chi connectivity index (χ1v) is 6.90. The highest BCUT2D eigenvalue weighted by molar-refractivity contribution is 8.00. The number of benzene rings is 1. The lowest BCUT2D eigenvalue weighted by atomic mass is 10.2. The van der Waals surface area contributed by atoms with Crippen molar-refractivity contribution in [2.45, 2.75) is 4.90 Å². The molecule has 2 rings (SSSR count). The van der Waals surface area contributed by atoms with Gasteiger partial charge in [0.05, 0.1) is 17.0 Å². The highest BCUT2D eigenvalue weighted by Crippen LogP contribution is 2.19. The Morgan fingerprint density at radius 3 is 2.57 bits per heavy atom. The molecule has 1 amide bonds. The minimum Gasteiger partial charge on any atom is -0.478 e. The van der Waals surface area contributed by atoms with Crippen LogP contribution in [0.1, 0.15) is 10.4 Å². The number of pyridine rings is 1. The van der Waals surface area contributed by atoms with Crippen LogP contribution in [0.25, 0.3) is 0 Å². The number of nitrogens with one attached hydrogen (secondary N) is 1. The molecule has 108 valence electrons. The molecule has 1 aromatic carbocycles. The van der Waals surface area contributed by atoms with Crippen LogP contribution < -0.4 is 5.32 Å². The van der Waals surface area contributed by atoms with Gasteiger partial charge in [-0.15, -0.1) is 11.8 Å². The molecule has 0 bridgehead atoms. The smallest absolute Gasteiger partial charge is 0.335 e. The molecule has 1 heterocycles. The molecule has 2 aromatic rings. The fourth-order valence-corrected chi connectivity index (χ4v) is 2.20. The summed E-state index contributed by atoms with van der Waals surface area (Å²) >= 11 is 1.29. The van der Waals surface area contributed by atoms with Gasteiger partial charge in [-0.3, -0.25) is 9.78 Å². The normalized spacial score (nSPS) is 10.1. The maximum Gasteiger partial charge on any atom is 0.335 e. The van der Waals surface area contributed by atoms with Gasteiger partial charge in [0.2, 0.25) is 5.91 Å². The number of carbonyl (C=O) groups excluding carboxylic acids is 1. The number of aromatic nitrogens is 1. The number of carboxylic acids is 1. The molecule has 0 spiro atoms. The van der Waals surface area contributed by atoms with Gasteiger partial charge in [0.15, 0.2) is 0 Å². The molecular formula is C14H11FN2O3S. The van der Waals surface area contributed by atoms with E-state index in [1.165, 1.54) is 23.9 Å². The van der Waals surface area contributed by atoms with Gasteiger partial charge in [-0.25, -0.2) is 9.18 Å². The van der Waals surface area contributed by atoms with Gasteiger partial charge < -0.3 is 10.4 Å². The second-order valence-electron chi connectivity index (χ2n) is 4.02. The van der Waals surface area contributed by atoms with E-state index < -0.39 is 11.8 Å². The Morgan fingerprint density at radius 1 is 1.24 bits per heavy atom. The zero-order chi connectivity index (χ0) is 15.2. The number of hydrogen-bond donors (Lipinski definition) is 2. The highest BCUT2D eigenvalue weighted by Gasteiger charge is 2.11. The molecule has 21 heavy (non-hydrogen) atoms. The Morgan fingerprint density at radius 2 is 1.95 bits per heavy atom. The maximum absolute atomic E-state index is 13.6. The van der Waals surface area contributed by atoms with Crippen LogP contribution in [0.2, 0.25) is 0 Å². The molecule has 0 radical (unpaired) electrons. The summed E-state index contributed by atoms with van der Waals surface area (Å²) in [6, 6.07) is 6.86. The van der Waals surface area contributed by atoms with Crippen LogP contribution >= 0.6 is 11.8 Å². The Hall–Kier alpha value is -2.41. The summed E-state index contributed by atoms with van der Waals surface area (Å²) in [6.07, 6.45) is 3.23. The van der Waals surface area contributed by atoms with Crippen molar-refractivity contribution >= 4 is 29.3 Å². The number of rotatable bonds is 5. The van der Waals surface area contributed by atoms with E-state index in [9.17, 15) is 14.0 Å². The van der Waals surface area contributed by atoms with Gasteiger partial charge in [0, 0.05) is 17.3 Å². The molecule has 0 unspecified atom stereocenters. The molecule has 0 fully saturated rings. The van der Waals surface area contributed by atoms with Gasteiger partial charge in [-0.2, -0.15) is 0 Å². The average Bonchev–Trinajstić information content (AvgIpc) is 2.48. The van der Waals surface area contributed by atoms with E-state index in [4.69, 9.17) is 5.11 Å². The van der Waals surface area contributed by atoms with E-state index in [-0.39, 0.29) is 22.9 Å². The fourth-order valence-electron chi connectivity index (χ4n) is 1.52. The Kier molecular flexibility index (Phi) is 4.89. The number of carboxylic acid groups (broad SMARTS) is 1. The Labute approximate surface area is 124 Å². The third kappa shape index (κ3) is 4.28. The summed E-state index contributed by atoms with van der Waals surface area (Å²) in [7, 11) is 0. The van der Waals surface area contributed by atoms with Crippen molar-refractivity contribution in [3.8, 4) is 0 Å². The first kappa shape index (κ1) is 15.0. The largest absolute Gasteiger partial charge is 0.478 e. The van der Waals surface area contributed by atoms with Crippen molar-refractivity contribution in [2.24, 2.45) is 0 Å². The first-order chi connectivity index (χ1) is 10.1. The van der Waals surface area contributed by atoms with Crippen LogP contribution in [0.15, 0.2) is 47.6 Å². The zero-order valence-corrected chi connectivity index (χ0v) is 11.6. The van der Waals surface area contributed by atoms with Crippen LogP contribution in [0, 0.1) is 5.82 Å².